The number of hydrazine groups is 1. The van der Waals surface area contributed by atoms with Crippen LogP contribution in [0.5, 0.6) is 0 Å². The summed E-state index contributed by atoms with van der Waals surface area (Å²) in [7, 11) is 0. The molecule has 9 heteroatoms. The van der Waals surface area contributed by atoms with Gasteiger partial charge in [-0.2, -0.15) is 5.26 Å². The van der Waals surface area contributed by atoms with Crippen LogP contribution < -0.4 is 5.73 Å². The summed E-state index contributed by atoms with van der Waals surface area (Å²) in [4.78, 5) is 23.5. The van der Waals surface area contributed by atoms with Crippen molar-refractivity contribution in [3.05, 3.63) is 62.6 Å². The molecule has 150 valence electrons. The van der Waals surface area contributed by atoms with Crippen molar-refractivity contribution < 1.29 is 14.5 Å². The van der Waals surface area contributed by atoms with Gasteiger partial charge in [0.05, 0.1) is 35.7 Å². The van der Waals surface area contributed by atoms with Gasteiger partial charge in [-0.3, -0.25) is 19.9 Å². The highest BCUT2D eigenvalue weighted by molar-refractivity contribution is 5.99. The lowest BCUT2D eigenvalue weighted by molar-refractivity contribution is -0.384. The summed E-state index contributed by atoms with van der Waals surface area (Å²) < 4.78 is 5.43. The number of hydrogen-bond acceptors (Lipinski definition) is 8. The monoisotopic (exact) mass is 395 g/mol. The SMILES string of the molecule is N#CC1=C(N)N(N2CCOCC2)C2=C(C(=O)CCC2)C1c1ccc([N+](=O)[O-])cc1. The third kappa shape index (κ3) is 3.26. The number of benzene rings is 1. The summed E-state index contributed by atoms with van der Waals surface area (Å²) in [6.07, 6.45) is 1.82. The second kappa shape index (κ2) is 7.66. The van der Waals surface area contributed by atoms with E-state index < -0.39 is 10.8 Å². The van der Waals surface area contributed by atoms with Gasteiger partial charge in [-0.25, -0.2) is 5.01 Å². The first-order valence-electron chi connectivity index (χ1n) is 9.56. The number of ketones is 1. The molecule has 0 bridgehead atoms. The Balaban J connectivity index is 1.85. The van der Waals surface area contributed by atoms with E-state index in [2.05, 4.69) is 6.07 Å². The molecule has 2 N–H and O–H groups in total. The van der Waals surface area contributed by atoms with Gasteiger partial charge in [-0.15, -0.1) is 0 Å². The fourth-order valence-corrected chi connectivity index (χ4v) is 4.27. The van der Waals surface area contributed by atoms with Crippen LogP contribution in [0, 0.1) is 21.4 Å². The molecule has 1 unspecified atom stereocenters. The van der Waals surface area contributed by atoms with Gasteiger partial charge in [0.25, 0.3) is 5.69 Å². The molecule has 0 spiro atoms. The molecule has 1 aromatic rings. The summed E-state index contributed by atoms with van der Waals surface area (Å²) in [5.41, 5.74) is 8.76. The lowest BCUT2D eigenvalue weighted by Crippen LogP contribution is -2.52. The Hall–Kier alpha value is -3.22. The van der Waals surface area contributed by atoms with E-state index in [0.29, 0.717) is 61.7 Å². The van der Waals surface area contributed by atoms with E-state index in [4.69, 9.17) is 10.5 Å². The van der Waals surface area contributed by atoms with Gasteiger partial charge in [0, 0.05) is 42.9 Å². The number of Topliss-reactive ketones (excluding diaryl/α,β-unsaturated/α-hetero) is 1. The van der Waals surface area contributed by atoms with Crippen molar-refractivity contribution in [3.8, 4) is 6.07 Å². The first-order chi connectivity index (χ1) is 14.0. The fraction of sp³-hybridized carbons (Fsp3) is 0.400. The van der Waals surface area contributed by atoms with Crippen LogP contribution in [0.25, 0.3) is 0 Å². The number of morpholine rings is 1. The van der Waals surface area contributed by atoms with Crippen LogP contribution in [0.4, 0.5) is 5.69 Å². The van der Waals surface area contributed by atoms with Crippen molar-refractivity contribution in [1.82, 2.24) is 10.0 Å². The van der Waals surface area contributed by atoms with Crippen LogP contribution >= 0.6 is 0 Å². The summed E-state index contributed by atoms with van der Waals surface area (Å²) in [5, 5.41) is 24.8. The quantitative estimate of drug-likeness (QED) is 0.608. The van der Waals surface area contributed by atoms with Crippen molar-refractivity contribution in [2.45, 2.75) is 25.2 Å². The zero-order valence-electron chi connectivity index (χ0n) is 15.8. The molecule has 1 saturated heterocycles. The Bertz CT molecular complexity index is 954. The fourth-order valence-electron chi connectivity index (χ4n) is 4.27. The van der Waals surface area contributed by atoms with Gasteiger partial charge in [0.1, 0.15) is 5.82 Å². The van der Waals surface area contributed by atoms with Gasteiger partial charge < -0.3 is 10.5 Å². The average molecular weight is 395 g/mol. The van der Waals surface area contributed by atoms with Crippen molar-refractivity contribution >= 4 is 11.5 Å². The van der Waals surface area contributed by atoms with E-state index in [1.807, 2.05) is 10.0 Å². The molecule has 9 nitrogen and oxygen atoms in total. The van der Waals surface area contributed by atoms with Crippen LogP contribution in [0.15, 0.2) is 46.9 Å². The van der Waals surface area contributed by atoms with Crippen LogP contribution in [0.1, 0.15) is 30.7 Å². The van der Waals surface area contributed by atoms with E-state index in [1.54, 1.807) is 12.1 Å². The first kappa shape index (κ1) is 19.1. The lowest BCUT2D eigenvalue weighted by atomic mass is 9.76. The van der Waals surface area contributed by atoms with Crippen molar-refractivity contribution in [2.75, 3.05) is 26.3 Å². The van der Waals surface area contributed by atoms with E-state index in [0.717, 1.165) is 12.1 Å². The first-order valence-corrected chi connectivity index (χ1v) is 9.56. The molecule has 4 rings (SSSR count). The topological polar surface area (TPSA) is 126 Å². The van der Waals surface area contributed by atoms with Crippen molar-refractivity contribution in [2.24, 2.45) is 5.73 Å². The van der Waals surface area contributed by atoms with E-state index in [1.165, 1.54) is 12.1 Å². The number of non-ortho nitro benzene ring substituents is 1. The third-order valence-corrected chi connectivity index (χ3v) is 5.59. The molecular weight excluding hydrogens is 374 g/mol. The molecule has 2 aliphatic heterocycles. The summed E-state index contributed by atoms with van der Waals surface area (Å²) in [5.74, 6) is -0.305. The number of rotatable bonds is 3. The Morgan fingerprint density at radius 3 is 2.52 bits per heavy atom. The molecular formula is C20H21N5O4. The van der Waals surface area contributed by atoms with Gasteiger partial charge in [0.15, 0.2) is 5.78 Å². The number of ether oxygens (including phenoxy) is 1. The van der Waals surface area contributed by atoms with Crippen LogP contribution in [-0.4, -0.2) is 47.0 Å². The summed E-state index contributed by atoms with van der Waals surface area (Å²) in [6, 6.07) is 8.18. The lowest BCUT2D eigenvalue weighted by Gasteiger charge is -2.45. The number of carbonyl (C=O) groups excluding carboxylic acids is 1. The standard InChI is InChI=1S/C20H21N5O4/c21-12-15-18(13-4-6-14(7-5-13)25(27)28)19-16(2-1-3-17(19)26)24(20(15)22)23-8-10-29-11-9-23/h4-7,18H,1-3,8-11,22H2. The maximum absolute atomic E-state index is 13.0. The predicted molar refractivity (Wildman–Crippen MR) is 103 cm³/mol. The minimum atomic E-state index is -0.610. The van der Waals surface area contributed by atoms with Gasteiger partial charge >= 0.3 is 0 Å². The van der Waals surface area contributed by atoms with E-state index in [9.17, 15) is 20.2 Å². The molecule has 3 aliphatic rings. The molecule has 0 amide bonds. The highest BCUT2D eigenvalue weighted by Crippen LogP contribution is 2.45. The van der Waals surface area contributed by atoms with Crippen molar-refractivity contribution in [1.29, 1.82) is 5.26 Å². The summed E-state index contributed by atoms with van der Waals surface area (Å²) in [6.45, 7) is 2.33. The normalized spacial score (nSPS) is 23.1. The Morgan fingerprint density at radius 2 is 1.90 bits per heavy atom. The number of nitrogens with two attached hydrogens (primary N) is 1. The maximum Gasteiger partial charge on any atom is 0.269 e. The molecule has 2 heterocycles. The largest absolute Gasteiger partial charge is 0.383 e. The highest BCUT2D eigenvalue weighted by Gasteiger charge is 2.41. The van der Waals surface area contributed by atoms with Gasteiger partial charge in [-0.1, -0.05) is 12.1 Å². The third-order valence-electron chi connectivity index (χ3n) is 5.59. The highest BCUT2D eigenvalue weighted by atomic mass is 16.6. The van der Waals surface area contributed by atoms with Crippen LogP contribution in [0.2, 0.25) is 0 Å². The number of nitro groups is 1. The van der Waals surface area contributed by atoms with E-state index in [-0.39, 0.29) is 11.5 Å². The number of nitrogens with zero attached hydrogens (tertiary/aromatic N) is 4. The molecule has 1 atom stereocenters. The Kier molecular flexibility index (Phi) is 5.05. The molecule has 1 aliphatic carbocycles. The second-order valence-corrected chi connectivity index (χ2v) is 7.21. The average Bonchev–Trinajstić information content (AvgIpc) is 2.74. The zero-order chi connectivity index (χ0) is 20.5. The number of allylic oxidation sites excluding steroid dienone is 3. The van der Waals surface area contributed by atoms with E-state index >= 15 is 0 Å². The number of nitriles is 1. The minimum absolute atomic E-state index is 0.00638. The molecule has 0 aromatic heterocycles. The molecule has 0 saturated carbocycles. The van der Waals surface area contributed by atoms with Crippen molar-refractivity contribution in [3.63, 3.8) is 0 Å². The predicted octanol–water partition coefficient (Wildman–Crippen LogP) is 1.94. The molecule has 1 aromatic carbocycles. The minimum Gasteiger partial charge on any atom is -0.383 e. The van der Waals surface area contributed by atoms with Gasteiger partial charge in [0.2, 0.25) is 0 Å². The Labute approximate surface area is 167 Å². The number of nitro benzene ring substituents is 1. The Morgan fingerprint density at radius 1 is 1.21 bits per heavy atom. The van der Waals surface area contributed by atoms with Crippen LogP contribution in [0.3, 0.4) is 0 Å². The maximum atomic E-state index is 13.0. The zero-order valence-corrected chi connectivity index (χ0v) is 15.8. The number of carbonyl (C=O) groups is 1. The van der Waals surface area contributed by atoms with Crippen LogP contribution in [-0.2, 0) is 9.53 Å². The molecule has 1 fully saturated rings. The summed E-state index contributed by atoms with van der Waals surface area (Å²) >= 11 is 0. The second-order valence-electron chi connectivity index (χ2n) is 7.21. The molecule has 29 heavy (non-hydrogen) atoms. The van der Waals surface area contributed by atoms with Gasteiger partial charge in [-0.05, 0) is 18.4 Å². The molecule has 0 radical (unpaired) electrons. The smallest absolute Gasteiger partial charge is 0.269 e. The number of hydrogen-bond donors (Lipinski definition) is 1.